The first kappa shape index (κ1) is 24.5. The van der Waals surface area contributed by atoms with Gasteiger partial charge in [-0.05, 0) is 53.6 Å². The number of halogens is 1. The van der Waals surface area contributed by atoms with Gasteiger partial charge in [-0.15, -0.1) is 0 Å². The zero-order valence-corrected chi connectivity index (χ0v) is 21.3. The van der Waals surface area contributed by atoms with Crippen molar-refractivity contribution in [1.29, 1.82) is 0 Å². The smallest absolute Gasteiger partial charge is 0.295 e. The van der Waals surface area contributed by atoms with Gasteiger partial charge in [0.25, 0.3) is 11.7 Å². The highest BCUT2D eigenvalue weighted by molar-refractivity contribution is 6.47. The minimum absolute atomic E-state index is 0.0431. The van der Waals surface area contributed by atoms with Gasteiger partial charge in [0.2, 0.25) is 6.79 Å². The van der Waals surface area contributed by atoms with Crippen molar-refractivity contribution in [2.45, 2.75) is 12.6 Å². The van der Waals surface area contributed by atoms with Crippen LogP contribution in [-0.4, -0.2) is 49.7 Å². The van der Waals surface area contributed by atoms with E-state index in [1.807, 2.05) is 49.3 Å². The van der Waals surface area contributed by atoms with E-state index in [0.29, 0.717) is 22.8 Å². The number of benzene rings is 3. The Morgan fingerprint density at radius 1 is 1.05 bits per heavy atom. The summed E-state index contributed by atoms with van der Waals surface area (Å²) in [5, 5.41) is 11.6. The predicted molar refractivity (Wildman–Crippen MR) is 139 cm³/mol. The number of anilines is 1. The number of aliphatic hydroxyl groups excluding tert-OH is 1. The van der Waals surface area contributed by atoms with Crippen LogP contribution in [0.1, 0.15) is 22.7 Å². The number of nitrogens with zero attached hydrogens (tertiary/aromatic N) is 2. The molecule has 0 bridgehead atoms. The molecule has 1 unspecified atom stereocenters. The molecule has 0 aromatic heterocycles. The van der Waals surface area contributed by atoms with Crippen LogP contribution in [0.5, 0.6) is 17.2 Å². The highest BCUT2D eigenvalue weighted by Gasteiger charge is 2.46. The number of methoxy groups -OCH3 is 1. The van der Waals surface area contributed by atoms with Gasteiger partial charge in [-0.2, -0.15) is 0 Å². The van der Waals surface area contributed by atoms with Crippen LogP contribution in [-0.2, 0) is 16.1 Å². The molecule has 0 spiro atoms. The van der Waals surface area contributed by atoms with E-state index in [4.69, 9.17) is 25.8 Å². The third kappa shape index (κ3) is 4.44. The molecule has 9 heteroatoms. The standard InChI is InChI=1S/C28H25ClN2O6/c1-30(2)18-7-5-17(6-8-18)25-24(26(32)20-13-19(35-3)9-10-21(20)29)27(33)28(34)31(25)14-16-4-11-22-23(12-16)37-15-36-22/h4-13,25,32H,14-15H2,1-3H3/b26-24+. The number of Topliss-reactive ketones (excluding diaryl/α,β-unsaturated/α-hetero) is 1. The maximum Gasteiger partial charge on any atom is 0.295 e. The van der Waals surface area contributed by atoms with Gasteiger partial charge >= 0.3 is 0 Å². The molecule has 1 fully saturated rings. The fraction of sp³-hybridized carbons (Fsp3) is 0.214. The second kappa shape index (κ2) is 9.71. The molecule has 5 rings (SSSR count). The number of likely N-dealkylation sites (tertiary alicyclic amines) is 1. The van der Waals surface area contributed by atoms with Crippen molar-refractivity contribution in [1.82, 2.24) is 4.90 Å². The van der Waals surface area contributed by atoms with Gasteiger partial charge in [0.15, 0.2) is 11.5 Å². The van der Waals surface area contributed by atoms with Crippen LogP contribution in [0.25, 0.3) is 5.76 Å². The van der Waals surface area contributed by atoms with Crippen LogP contribution in [0.4, 0.5) is 5.69 Å². The second-order valence-electron chi connectivity index (χ2n) is 8.95. The summed E-state index contributed by atoms with van der Waals surface area (Å²) in [5.41, 5.74) is 2.54. The van der Waals surface area contributed by atoms with Crippen molar-refractivity contribution in [3.8, 4) is 17.2 Å². The molecule has 3 aromatic rings. The minimum Gasteiger partial charge on any atom is -0.507 e. The van der Waals surface area contributed by atoms with E-state index in [0.717, 1.165) is 11.3 Å². The van der Waals surface area contributed by atoms with Crippen molar-refractivity contribution in [3.05, 3.63) is 87.9 Å². The molecule has 1 atom stereocenters. The number of hydrogen-bond donors (Lipinski definition) is 1. The first-order valence-electron chi connectivity index (χ1n) is 11.6. The number of rotatable bonds is 6. The SMILES string of the molecule is COc1ccc(Cl)c(/C(O)=C2\C(=O)C(=O)N(Cc3ccc4c(c3)OCO4)C2c2ccc(N(C)C)cc2)c1. The average molecular weight is 521 g/mol. The maximum absolute atomic E-state index is 13.4. The zero-order valence-electron chi connectivity index (χ0n) is 20.5. The number of aliphatic hydroxyl groups is 1. The van der Waals surface area contributed by atoms with Gasteiger partial charge in [0, 0.05) is 31.9 Å². The molecule has 2 aliphatic rings. The Labute approximate surface area is 219 Å². The van der Waals surface area contributed by atoms with Crippen molar-refractivity contribution in [3.63, 3.8) is 0 Å². The lowest BCUT2D eigenvalue weighted by molar-refractivity contribution is -0.140. The molecule has 0 radical (unpaired) electrons. The minimum atomic E-state index is -0.844. The Hall–Kier alpha value is -4.17. The van der Waals surface area contributed by atoms with Crippen LogP contribution >= 0.6 is 11.6 Å². The van der Waals surface area contributed by atoms with E-state index in [9.17, 15) is 14.7 Å². The van der Waals surface area contributed by atoms with E-state index in [2.05, 4.69) is 0 Å². The van der Waals surface area contributed by atoms with Crippen LogP contribution in [0, 0.1) is 0 Å². The fourth-order valence-electron chi connectivity index (χ4n) is 4.54. The maximum atomic E-state index is 13.4. The summed E-state index contributed by atoms with van der Waals surface area (Å²) in [6.45, 7) is 0.243. The van der Waals surface area contributed by atoms with Crippen LogP contribution < -0.4 is 19.1 Å². The number of ether oxygens (including phenoxy) is 3. The quantitative estimate of drug-likeness (QED) is 0.284. The van der Waals surface area contributed by atoms with Gasteiger partial charge < -0.3 is 29.1 Å². The number of carbonyl (C=O) groups is 2. The zero-order chi connectivity index (χ0) is 26.3. The summed E-state index contributed by atoms with van der Waals surface area (Å²) < 4.78 is 16.1. The molecule has 1 amide bonds. The Kier molecular flexibility index (Phi) is 6.43. The normalized spacial score (nSPS) is 17.8. The van der Waals surface area contributed by atoms with Gasteiger partial charge in [-0.1, -0.05) is 29.8 Å². The number of carbonyl (C=O) groups excluding carboxylic acids is 2. The van der Waals surface area contributed by atoms with Crippen molar-refractivity contribution in [2.24, 2.45) is 0 Å². The first-order chi connectivity index (χ1) is 17.8. The van der Waals surface area contributed by atoms with Crippen molar-refractivity contribution < 1.29 is 28.9 Å². The van der Waals surface area contributed by atoms with Gasteiger partial charge in [0.1, 0.15) is 11.5 Å². The molecule has 3 aromatic carbocycles. The molecular weight excluding hydrogens is 496 g/mol. The lowest BCUT2D eigenvalue weighted by Crippen LogP contribution is -2.29. The summed E-state index contributed by atoms with van der Waals surface area (Å²) in [6.07, 6.45) is 0. The molecule has 1 saturated heterocycles. The van der Waals surface area contributed by atoms with E-state index < -0.39 is 17.7 Å². The number of fused-ring (bicyclic) bond motifs is 1. The third-order valence-electron chi connectivity index (χ3n) is 6.48. The Morgan fingerprint density at radius 3 is 2.49 bits per heavy atom. The Bertz CT molecular complexity index is 1420. The van der Waals surface area contributed by atoms with E-state index in [1.54, 1.807) is 24.3 Å². The number of hydrogen-bond acceptors (Lipinski definition) is 7. The molecular formula is C28H25ClN2O6. The molecule has 1 N–H and O–H groups in total. The van der Waals surface area contributed by atoms with Gasteiger partial charge in [-0.25, -0.2) is 0 Å². The van der Waals surface area contributed by atoms with Gasteiger partial charge in [0.05, 0.1) is 23.7 Å². The topological polar surface area (TPSA) is 88.5 Å². The van der Waals surface area contributed by atoms with Crippen LogP contribution in [0.2, 0.25) is 5.02 Å². The van der Waals surface area contributed by atoms with Crippen molar-refractivity contribution in [2.75, 3.05) is 32.9 Å². The molecule has 2 aliphatic heterocycles. The highest BCUT2D eigenvalue weighted by atomic mass is 35.5. The largest absolute Gasteiger partial charge is 0.507 e. The molecule has 190 valence electrons. The van der Waals surface area contributed by atoms with E-state index >= 15 is 0 Å². The van der Waals surface area contributed by atoms with Crippen molar-refractivity contribution >= 4 is 34.7 Å². The highest BCUT2D eigenvalue weighted by Crippen LogP contribution is 2.43. The molecule has 2 heterocycles. The Morgan fingerprint density at radius 2 is 1.78 bits per heavy atom. The van der Waals surface area contributed by atoms with Gasteiger partial charge in [-0.3, -0.25) is 9.59 Å². The third-order valence-corrected chi connectivity index (χ3v) is 6.81. The summed E-state index contributed by atoms with van der Waals surface area (Å²) in [5.74, 6) is -0.235. The summed E-state index contributed by atoms with van der Waals surface area (Å²) >= 11 is 6.39. The summed E-state index contributed by atoms with van der Waals surface area (Å²) in [6, 6.07) is 16.8. The number of ketones is 1. The second-order valence-corrected chi connectivity index (χ2v) is 9.35. The predicted octanol–water partition coefficient (Wildman–Crippen LogP) is 4.77. The lowest BCUT2D eigenvalue weighted by atomic mass is 9.94. The summed E-state index contributed by atoms with van der Waals surface area (Å²) in [4.78, 5) is 30.2. The average Bonchev–Trinajstić information content (AvgIpc) is 3.46. The Balaban J connectivity index is 1.63. The monoisotopic (exact) mass is 520 g/mol. The van der Waals surface area contributed by atoms with E-state index in [-0.39, 0.29) is 35.3 Å². The first-order valence-corrected chi connectivity index (χ1v) is 11.9. The fourth-order valence-corrected chi connectivity index (χ4v) is 4.75. The number of amides is 1. The molecule has 0 saturated carbocycles. The molecule has 37 heavy (non-hydrogen) atoms. The van der Waals surface area contributed by atoms with E-state index in [1.165, 1.54) is 18.1 Å². The molecule has 0 aliphatic carbocycles. The van der Waals surface area contributed by atoms with Crippen LogP contribution in [0.15, 0.2) is 66.2 Å². The lowest BCUT2D eigenvalue weighted by Gasteiger charge is -2.26. The summed E-state index contributed by atoms with van der Waals surface area (Å²) in [7, 11) is 5.33. The molecule has 8 nitrogen and oxygen atoms in total. The van der Waals surface area contributed by atoms with Crippen LogP contribution in [0.3, 0.4) is 0 Å².